The first-order valence-corrected chi connectivity index (χ1v) is 5.53. The fourth-order valence-corrected chi connectivity index (χ4v) is 2.42. The summed E-state index contributed by atoms with van der Waals surface area (Å²) >= 11 is 9.15. The van der Waals surface area contributed by atoms with Crippen molar-refractivity contribution in [3.8, 4) is 0 Å². The summed E-state index contributed by atoms with van der Waals surface area (Å²) in [6.07, 6.45) is 0.764. The lowest BCUT2D eigenvalue weighted by atomic mass is 9.90. The van der Waals surface area contributed by atoms with Gasteiger partial charge < -0.3 is 4.74 Å². The van der Waals surface area contributed by atoms with E-state index in [2.05, 4.69) is 16.1 Å². The van der Waals surface area contributed by atoms with Gasteiger partial charge in [-0.05, 0) is 13.3 Å². The van der Waals surface area contributed by atoms with Crippen molar-refractivity contribution in [3.05, 3.63) is 0 Å². The van der Waals surface area contributed by atoms with Crippen LogP contribution < -0.4 is 0 Å². The van der Waals surface area contributed by atoms with Crippen molar-refractivity contribution < 1.29 is 9.53 Å². The van der Waals surface area contributed by atoms with Crippen molar-refractivity contribution in [2.45, 2.75) is 13.3 Å². The maximum Gasteiger partial charge on any atom is 0.314 e. The van der Waals surface area contributed by atoms with E-state index < -0.39 is 5.41 Å². The van der Waals surface area contributed by atoms with E-state index in [0.29, 0.717) is 19.0 Å². The number of halogens is 2. The molecule has 1 heterocycles. The molecule has 76 valence electrons. The van der Waals surface area contributed by atoms with E-state index >= 15 is 0 Å². The van der Waals surface area contributed by atoms with Crippen molar-refractivity contribution in [1.82, 2.24) is 3.93 Å². The van der Waals surface area contributed by atoms with Crippen LogP contribution in [0.25, 0.3) is 0 Å². The molecule has 0 aromatic heterocycles. The predicted molar refractivity (Wildman–Crippen MR) is 54.9 cm³/mol. The van der Waals surface area contributed by atoms with E-state index in [4.69, 9.17) is 16.3 Å². The van der Waals surface area contributed by atoms with Crippen LogP contribution in [0.3, 0.4) is 0 Å². The van der Waals surface area contributed by atoms with E-state index in [0.717, 1.165) is 13.0 Å². The third-order valence-electron chi connectivity index (χ3n) is 2.27. The molecular weight excluding hydrogens is 257 g/mol. The highest BCUT2D eigenvalue weighted by Gasteiger charge is 2.44. The molecule has 0 aromatic carbocycles. The fourth-order valence-electron chi connectivity index (χ4n) is 1.44. The van der Waals surface area contributed by atoms with Crippen molar-refractivity contribution in [2.75, 3.05) is 25.6 Å². The average molecular weight is 271 g/mol. The largest absolute Gasteiger partial charge is 0.465 e. The topological polar surface area (TPSA) is 29.5 Å². The van der Waals surface area contributed by atoms with Crippen LogP contribution in [-0.2, 0) is 9.53 Å². The Labute approximate surface area is 91.7 Å². The first-order chi connectivity index (χ1) is 6.14. The summed E-state index contributed by atoms with van der Waals surface area (Å²) in [6, 6.07) is 0. The number of carbonyl (C=O) groups is 1. The van der Waals surface area contributed by atoms with Gasteiger partial charge in [-0.25, -0.2) is 3.93 Å². The number of carbonyl (C=O) groups excluding carboxylic acids is 1. The molecule has 1 atom stereocenters. The summed E-state index contributed by atoms with van der Waals surface area (Å²) in [5.74, 6) is 0.153. The van der Waals surface area contributed by atoms with Gasteiger partial charge in [0.15, 0.2) is 0 Å². The quantitative estimate of drug-likeness (QED) is 0.445. The Kier molecular flexibility index (Phi) is 4.01. The zero-order chi connectivity index (χ0) is 9.90. The van der Waals surface area contributed by atoms with Crippen LogP contribution in [0.5, 0.6) is 0 Å². The van der Waals surface area contributed by atoms with Crippen LogP contribution >= 0.6 is 27.7 Å². The SMILES string of the molecule is CCOC(=O)C1(CCl)CCN(Br)C1. The lowest BCUT2D eigenvalue weighted by Crippen LogP contribution is -2.36. The third kappa shape index (κ3) is 2.36. The van der Waals surface area contributed by atoms with Crippen molar-refractivity contribution >= 4 is 33.7 Å². The molecule has 0 bridgehead atoms. The second-order valence-electron chi connectivity index (χ2n) is 3.23. The van der Waals surface area contributed by atoms with Gasteiger partial charge in [0, 0.05) is 35.1 Å². The van der Waals surface area contributed by atoms with Gasteiger partial charge in [-0.1, -0.05) is 0 Å². The number of hydrogen-bond donors (Lipinski definition) is 0. The highest BCUT2D eigenvalue weighted by atomic mass is 79.9. The second-order valence-corrected chi connectivity index (χ2v) is 4.50. The molecule has 1 aliphatic rings. The predicted octanol–water partition coefficient (Wildman–Crippen LogP) is 1.79. The van der Waals surface area contributed by atoms with Gasteiger partial charge in [0.05, 0.1) is 12.0 Å². The zero-order valence-electron chi connectivity index (χ0n) is 7.56. The monoisotopic (exact) mass is 269 g/mol. The lowest BCUT2D eigenvalue weighted by Gasteiger charge is -2.22. The Morgan fingerprint density at radius 1 is 1.77 bits per heavy atom. The first-order valence-electron chi connectivity index (χ1n) is 4.28. The minimum atomic E-state index is -0.499. The number of nitrogens with zero attached hydrogens (tertiary/aromatic N) is 1. The van der Waals surface area contributed by atoms with Gasteiger partial charge in [-0.2, -0.15) is 0 Å². The van der Waals surface area contributed by atoms with Crippen LogP contribution in [0, 0.1) is 5.41 Å². The summed E-state index contributed by atoms with van der Waals surface area (Å²) < 4.78 is 6.92. The van der Waals surface area contributed by atoms with Crippen LogP contribution in [0.2, 0.25) is 0 Å². The minimum absolute atomic E-state index is 0.174. The van der Waals surface area contributed by atoms with Gasteiger partial charge in [-0.15, -0.1) is 11.6 Å². The summed E-state index contributed by atoms with van der Waals surface area (Å²) in [5.41, 5.74) is -0.499. The van der Waals surface area contributed by atoms with E-state index in [1.807, 2.05) is 3.93 Å². The molecule has 0 spiro atoms. The van der Waals surface area contributed by atoms with Crippen LogP contribution in [0.4, 0.5) is 0 Å². The second kappa shape index (κ2) is 4.62. The van der Waals surface area contributed by atoms with Gasteiger partial charge in [0.1, 0.15) is 0 Å². The molecular formula is C8H13BrClNO2. The van der Waals surface area contributed by atoms with Crippen molar-refractivity contribution in [1.29, 1.82) is 0 Å². The zero-order valence-corrected chi connectivity index (χ0v) is 9.90. The molecule has 0 aliphatic carbocycles. The molecule has 3 nitrogen and oxygen atoms in total. The average Bonchev–Trinajstić information content (AvgIpc) is 2.49. The molecule has 1 unspecified atom stereocenters. The smallest absolute Gasteiger partial charge is 0.314 e. The van der Waals surface area contributed by atoms with E-state index in [9.17, 15) is 4.79 Å². The fraction of sp³-hybridized carbons (Fsp3) is 0.875. The van der Waals surface area contributed by atoms with Gasteiger partial charge >= 0.3 is 5.97 Å². The van der Waals surface area contributed by atoms with Crippen LogP contribution in [0.1, 0.15) is 13.3 Å². The Hall–Kier alpha value is 0.200. The molecule has 0 aromatic rings. The summed E-state index contributed by atoms with van der Waals surface area (Å²) in [6.45, 7) is 3.70. The van der Waals surface area contributed by atoms with E-state index in [1.165, 1.54) is 0 Å². The van der Waals surface area contributed by atoms with Gasteiger partial charge in [-0.3, -0.25) is 4.79 Å². The van der Waals surface area contributed by atoms with Crippen molar-refractivity contribution in [3.63, 3.8) is 0 Å². The number of hydrogen-bond acceptors (Lipinski definition) is 3. The standard InChI is InChI=1S/C8H13BrClNO2/c1-2-13-7(12)8(5-10)3-4-11(9)6-8/h2-6H2,1H3. The van der Waals surface area contributed by atoms with Gasteiger partial charge in [0.25, 0.3) is 0 Å². The Balaban J connectivity index is 2.64. The van der Waals surface area contributed by atoms with E-state index in [-0.39, 0.29) is 5.97 Å². The minimum Gasteiger partial charge on any atom is -0.465 e. The number of alkyl halides is 1. The molecule has 5 heteroatoms. The highest BCUT2D eigenvalue weighted by molar-refractivity contribution is 9.07. The van der Waals surface area contributed by atoms with Crippen LogP contribution in [0.15, 0.2) is 0 Å². The Morgan fingerprint density at radius 3 is 2.85 bits per heavy atom. The Bertz CT molecular complexity index is 203. The molecule has 0 amide bonds. The lowest BCUT2D eigenvalue weighted by molar-refractivity contribution is -0.153. The summed E-state index contributed by atoms with van der Waals surface area (Å²) in [7, 11) is 0. The molecule has 13 heavy (non-hydrogen) atoms. The molecule has 1 fully saturated rings. The molecule has 1 aliphatic heterocycles. The number of ether oxygens (including phenoxy) is 1. The van der Waals surface area contributed by atoms with E-state index in [1.54, 1.807) is 6.92 Å². The molecule has 1 rings (SSSR count). The van der Waals surface area contributed by atoms with Crippen molar-refractivity contribution in [2.24, 2.45) is 5.41 Å². The van der Waals surface area contributed by atoms with Crippen LogP contribution in [-0.4, -0.2) is 35.5 Å². The molecule has 0 radical (unpaired) electrons. The summed E-state index contributed by atoms with van der Waals surface area (Å²) in [4.78, 5) is 11.6. The van der Waals surface area contributed by atoms with Gasteiger partial charge in [0.2, 0.25) is 0 Å². The molecule has 1 saturated heterocycles. The number of esters is 1. The summed E-state index contributed by atoms with van der Waals surface area (Å²) in [5, 5.41) is 0. The molecule has 0 saturated carbocycles. The highest BCUT2D eigenvalue weighted by Crippen LogP contribution is 2.34. The first kappa shape index (κ1) is 11.3. The third-order valence-corrected chi connectivity index (χ3v) is 3.39. The Morgan fingerprint density at radius 2 is 2.46 bits per heavy atom. The maximum absolute atomic E-state index is 11.6. The molecule has 0 N–H and O–H groups in total. The number of rotatable bonds is 3. The normalized spacial score (nSPS) is 29.2. The maximum atomic E-state index is 11.6.